The number of aliphatic hydroxyl groups excluding tert-OH is 2. The van der Waals surface area contributed by atoms with Crippen molar-refractivity contribution >= 4 is 17.0 Å². The van der Waals surface area contributed by atoms with Crippen molar-refractivity contribution in [1.29, 1.82) is 0 Å². The van der Waals surface area contributed by atoms with Crippen molar-refractivity contribution in [2.45, 2.75) is 50.0 Å². The van der Waals surface area contributed by atoms with E-state index in [9.17, 15) is 40.9 Å². The van der Waals surface area contributed by atoms with Crippen LogP contribution in [-0.2, 0) is 35.0 Å². The number of rotatable bonds is 8. The third kappa shape index (κ3) is 6.56. The Morgan fingerprint density at radius 2 is 1.63 bits per heavy atom. The quantitative estimate of drug-likeness (QED) is 0.280. The Bertz CT molecular complexity index is 1560. The van der Waals surface area contributed by atoms with Crippen LogP contribution < -0.4 is 4.90 Å². The number of aliphatic hydroxyl groups is 2. The lowest BCUT2D eigenvalue weighted by atomic mass is 10.1. The number of imidazole rings is 1. The number of halogens is 7. The van der Waals surface area contributed by atoms with Crippen LogP contribution in [0.4, 0.5) is 36.6 Å². The van der Waals surface area contributed by atoms with Gasteiger partial charge in [-0.25, -0.2) is 19.3 Å². The molecule has 4 atom stereocenters. The molecule has 43 heavy (non-hydrogen) atoms. The Balaban J connectivity index is 1.29. The van der Waals surface area contributed by atoms with Crippen molar-refractivity contribution in [3.8, 4) is 0 Å². The van der Waals surface area contributed by atoms with Gasteiger partial charge in [0.1, 0.15) is 30.5 Å². The standard InChI is InChI=1S/C27H24F7N5O4/c1-38(9-14-3-2-4-18(28)7-14)23-20-24(36-12-35-23)39(13-37-20)25-22(41)21(40)19(43-25)11-42-10-15-5-16(26(29,30)31)8-17(6-15)27(32,33)34/h2-8,12-13,19,21-22,25,40-41H,9-11H2,1H3/t19-,21-,22-,25-/m1/s1. The van der Waals surface area contributed by atoms with Gasteiger partial charge in [-0.05, 0) is 41.5 Å². The highest BCUT2D eigenvalue weighted by Gasteiger charge is 2.44. The van der Waals surface area contributed by atoms with Gasteiger partial charge in [0.2, 0.25) is 0 Å². The lowest BCUT2D eigenvalue weighted by Gasteiger charge is -2.19. The van der Waals surface area contributed by atoms with Gasteiger partial charge in [0.05, 0.1) is 30.7 Å². The molecular formula is C27H24F7N5O4. The summed E-state index contributed by atoms with van der Waals surface area (Å²) in [5.74, 6) is -0.00593. The Hall–Kier alpha value is -3.86. The molecule has 1 fully saturated rings. The maximum atomic E-state index is 13.6. The van der Waals surface area contributed by atoms with Crippen LogP contribution in [-0.4, -0.2) is 61.7 Å². The largest absolute Gasteiger partial charge is 0.416 e. The van der Waals surface area contributed by atoms with E-state index in [1.165, 1.54) is 29.4 Å². The zero-order chi connectivity index (χ0) is 31.1. The maximum Gasteiger partial charge on any atom is 0.416 e. The molecule has 0 saturated carbocycles. The average Bonchev–Trinajstić information content (AvgIpc) is 3.48. The highest BCUT2D eigenvalue weighted by molar-refractivity contribution is 5.83. The zero-order valence-corrected chi connectivity index (χ0v) is 22.2. The minimum atomic E-state index is -5.01. The van der Waals surface area contributed by atoms with E-state index in [0.29, 0.717) is 29.0 Å². The lowest BCUT2D eigenvalue weighted by molar-refractivity contribution is -0.143. The van der Waals surface area contributed by atoms with Crippen LogP contribution in [0.15, 0.2) is 55.1 Å². The van der Waals surface area contributed by atoms with Gasteiger partial charge in [0.15, 0.2) is 23.2 Å². The first kappa shape index (κ1) is 30.6. The fraction of sp³-hybridized carbons (Fsp3) is 0.370. The summed E-state index contributed by atoms with van der Waals surface area (Å²) >= 11 is 0. The average molecular weight is 616 g/mol. The molecule has 0 amide bonds. The molecule has 0 spiro atoms. The van der Waals surface area contributed by atoms with Gasteiger partial charge in [0, 0.05) is 13.6 Å². The van der Waals surface area contributed by atoms with E-state index in [2.05, 4.69) is 15.0 Å². The van der Waals surface area contributed by atoms with Gasteiger partial charge in [-0.15, -0.1) is 0 Å². The van der Waals surface area contributed by atoms with Crippen LogP contribution in [0.2, 0.25) is 0 Å². The SMILES string of the molecule is CN(Cc1cccc(F)c1)c1ncnc2c1ncn2[C@@H]1O[C@H](COCc2cc(C(F)(F)F)cc(C(F)(F)F)c2)[C@@H](O)[C@H]1O. The summed E-state index contributed by atoms with van der Waals surface area (Å²) in [7, 11) is 1.71. The Labute approximate surface area is 239 Å². The molecule has 0 aliphatic carbocycles. The number of anilines is 1. The first-order valence-corrected chi connectivity index (χ1v) is 12.7. The van der Waals surface area contributed by atoms with E-state index in [-0.39, 0.29) is 23.8 Å². The van der Waals surface area contributed by atoms with E-state index in [1.54, 1.807) is 24.1 Å². The highest BCUT2D eigenvalue weighted by Crippen LogP contribution is 2.37. The molecule has 2 N–H and O–H groups in total. The van der Waals surface area contributed by atoms with Crippen LogP contribution >= 0.6 is 0 Å². The number of fused-ring (bicyclic) bond motifs is 1. The molecule has 5 rings (SSSR count). The monoisotopic (exact) mass is 615 g/mol. The Kier molecular flexibility index (Phi) is 8.30. The number of ether oxygens (including phenoxy) is 2. The minimum Gasteiger partial charge on any atom is -0.387 e. The second-order valence-corrected chi connectivity index (χ2v) is 9.98. The van der Waals surface area contributed by atoms with E-state index in [4.69, 9.17) is 9.47 Å². The summed E-state index contributed by atoms with van der Waals surface area (Å²) < 4.78 is 105. The van der Waals surface area contributed by atoms with Gasteiger partial charge in [0.25, 0.3) is 0 Å². The molecule has 2 aromatic heterocycles. The van der Waals surface area contributed by atoms with Crippen molar-refractivity contribution in [2.24, 2.45) is 0 Å². The number of nitrogens with zero attached hydrogens (tertiary/aromatic N) is 5. The Morgan fingerprint density at radius 1 is 0.930 bits per heavy atom. The molecule has 2 aromatic carbocycles. The topological polar surface area (TPSA) is 106 Å². The number of hydrogen-bond donors (Lipinski definition) is 2. The van der Waals surface area contributed by atoms with Gasteiger partial charge in [-0.1, -0.05) is 12.1 Å². The van der Waals surface area contributed by atoms with Gasteiger partial charge in [-0.2, -0.15) is 26.3 Å². The molecule has 16 heteroatoms. The fourth-order valence-corrected chi connectivity index (χ4v) is 4.78. The minimum absolute atomic E-state index is 0.0118. The van der Waals surface area contributed by atoms with Gasteiger partial charge < -0.3 is 24.6 Å². The van der Waals surface area contributed by atoms with Crippen LogP contribution in [0.3, 0.4) is 0 Å². The van der Waals surface area contributed by atoms with Gasteiger partial charge in [-0.3, -0.25) is 4.57 Å². The first-order valence-electron chi connectivity index (χ1n) is 12.7. The molecule has 1 aliphatic rings. The summed E-state index contributed by atoms with van der Waals surface area (Å²) in [4.78, 5) is 14.5. The predicted octanol–water partition coefficient (Wildman–Crippen LogP) is 4.48. The second-order valence-electron chi connectivity index (χ2n) is 9.98. The normalized spacial score (nSPS) is 21.1. The van der Waals surface area contributed by atoms with Crippen molar-refractivity contribution in [3.05, 3.63) is 83.2 Å². The summed E-state index contributed by atoms with van der Waals surface area (Å²) in [6.45, 7) is -0.827. The van der Waals surface area contributed by atoms with Crippen LogP contribution in [0.1, 0.15) is 28.5 Å². The molecule has 0 radical (unpaired) electrons. The van der Waals surface area contributed by atoms with E-state index >= 15 is 0 Å². The molecular weight excluding hydrogens is 591 g/mol. The molecule has 9 nitrogen and oxygen atoms in total. The summed E-state index contributed by atoms with van der Waals surface area (Å²) in [5, 5.41) is 21.3. The van der Waals surface area contributed by atoms with Crippen molar-refractivity contribution in [1.82, 2.24) is 19.5 Å². The van der Waals surface area contributed by atoms with E-state index < -0.39 is 67.1 Å². The molecule has 0 bridgehead atoms. The fourth-order valence-electron chi connectivity index (χ4n) is 4.78. The predicted molar refractivity (Wildman–Crippen MR) is 136 cm³/mol. The third-order valence-electron chi connectivity index (χ3n) is 6.82. The summed E-state index contributed by atoms with van der Waals surface area (Å²) in [6, 6.07) is 7.11. The molecule has 1 saturated heterocycles. The molecule has 0 unspecified atom stereocenters. The third-order valence-corrected chi connectivity index (χ3v) is 6.82. The highest BCUT2D eigenvalue weighted by atomic mass is 19.4. The van der Waals surface area contributed by atoms with Crippen LogP contribution in [0.25, 0.3) is 11.2 Å². The van der Waals surface area contributed by atoms with Crippen molar-refractivity contribution in [3.63, 3.8) is 0 Å². The van der Waals surface area contributed by atoms with Crippen molar-refractivity contribution < 1.29 is 50.4 Å². The molecule has 1 aliphatic heterocycles. The smallest absolute Gasteiger partial charge is 0.387 e. The molecule has 3 heterocycles. The first-order chi connectivity index (χ1) is 20.2. The second kappa shape index (κ2) is 11.7. The van der Waals surface area contributed by atoms with Crippen molar-refractivity contribution in [2.75, 3.05) is 18.6 Å². The summed E-state index contributed by atoms with van der Waals surface area (Å²) in [5.41, 5.74) is -2.13. The molecule has 230 valence electrons. The zero-order valence-electron chi connectivity index (χ0n) is 22.2. The van der Waals surface area contributed by atoms with E-state index in [1.807, 2.05) is 0 Å². The summed E-state index contributed by atoms with van der Waals surface area (Å²) in [6.07, 6.45) is -12.9. The number of aromatic nitrogens is 4. The number of benzene rings is 2. The number of alkyl halides is 6. The van der Waals surface area contributed by atoms with Crippen LogP contribution in [0, 0.1) is 5.82 Å². The van der Waals surface area contributed by atoms with E-state index in [0.717, 1.165) is 0 Å². The van der Waals surface area contributed by atoms with Crippen LogP contribution in [0.5, 0.6) is 0 Å². The maximum absolute atomic E-state index is 13.6. The lowest BCUT2D eigenvalue weighted by Crippen LogP contribution is -2.33. The van der Waals surface area contributed by atoms with Gasteiger partial charge >= 0.3 is 12.4 Å². The molecule has 4 aromatic rings. The Morgan fingerprint density at radius 3 is 2.28 bits per heavy atom. The number of hydrogen-bond acceptors (Lipinski definition) is 8.